The lowest BCUT2D eigenvalue weighted by Crippen LogP contribution is -2.50. The molecule has 2 aliphatic heterocycles. The first-order valence-electron chi connectivity index (χ1n) is 12.0. The van der Waals surface area contributed by atoms with Crippen LogP contribution in [0.25, 0.3) is 10.9 Å². The number of benzene rings is 1. The monoisotopic (exact) mass is 573 g/mol. The van der Waals surface area contributed by atoms with E-state index in [0.717, 1.165) is 19.4 Å². The highest BCUT2D eigenvalue weighted by atomic mass is 79.9. The minimum absolute atomic E-state index is 0.0111. The summed E-state index contributed by atoms with van der Waals surface area (Å²) in [7, 11) is 2.01. The summed E-state index contributed by atoms with van der Waals surface area (Å²) >= 11 is 2.96. The Labute approximate surface area is 216 Å². The van der Waals surface area contributed by atoms with Crippen LogP contribution in [0.4, 0.5) is 23.8 Å². The number of likely N-dealkylation sites (tertiary alicyclic amines) is 1. The van der Waals surface area contributed by atoms with Crippen molar-refractivity contribution in [3.8, 4) is 6.01 Å². The van der Waals surface area contributed by atoms with Gasteiger partial charge in [0.1, 0.15) is 23.5 Å². The van der Waals surface area contributed by atoms with Crippen molar-refractivity contribution in [2.75, 3.05) is 51.3 Å². The molecule has 1 amide bonds. The second-order valence-corrected chi connectivity index (χ2v) is 11.0. The number of carbonyl (C=O) groups is 1. The summed E-state index contributed by atoms with van der Waals surface area (Å²) in [5.74, 6) is -0.589. The van der Waals surface area contributed by atoms with Crippen LogP contribution < -0.4 is 9.64 Å². The lowest BCUT2D eigenvalue weighted by atomic mass is 10.1. The van der Waals surface area contributed by atoms with Crippen molar-refractivity contribution >= 4 is 38.7 Å². The molecule has 2 aromatic rings. The van der Waals surface area contributed by atoms with Gasteiger partial charge in [-0.05, 0) is 69.2 Å². The van der Waals surface area contributed by atoms with E-state index in [-0.39, 0.29) is 27.4 Å². The van der Waals surface area contributed by atoms with Crippen LogP contribution in [0.2, 0.25) is 0 Å². The Hall–Kier alpha value is -2.34. The number of halogens is 4. The van der Waals surface area contributed by atoms with Gasteiger partial charge in [0.05, 0.1) is 4.47 Å². The molecule has 8 nitrogen and oxygen atoms in total. The molecule has 36 heavy (non-hydrogen) atoms. The van der Waals surface area contributed by atoms with Gasteiger partial charge in [0.25, 0.3) is 6.43 Å². The molecule has 0 radical (unpaired) electrons. The smallest absolute Gasteiger partial charge is 0.410 e. The fourth-order valence-electron chi connectivity index (χ4n) is 4.44. The van der Waals surface area contributed by atoms with Crippen molar-refractivity contribution < 1.29 is 27.4 Å². The van der Waals surface area contributed by atoms with E-state index in [1.54, 1.807) is 25.7 Å². The molecule has 0 bridgehead atoms. The molecular weight excluding hydrogens is 543 g/mol. The first-order valence-corrected chi connectivity index (χ1v) is 12.8. The van der Waals surface area contributed by atoms with E-state index < -0.39 is 29.5 Å². The first kappa shape index (κ1) is 26.7. The zero-order chi connectivity index (χ0) is 26.2. The summed E-state index contributed by atoms with van der Waals surface area (Å²) in [5, 5.41) is 0.169. The molecule has 2 fully saturated rings. The maximum Gasteiger partial charge on any atom is 0.410 e. The largest absolute Gasteiger partial charge is 0.462 e. The summed E-state index contributed by atoms with van der Waals surface area (Å²) in [6.07, 6.45) is -1.27. The van der Waals surface area contributed by atoms with Crippen LogP contribution in [0, 0.1) is 5.82 Å². The summed E-state index contributed by atoms with van der Waals surface area (Å²) < 4.78 is 53.6. The number of alkyl halides is 2. The fraction of sp³-hybridized carbons (Fsp3) is 0.625. The Kier molecular flexibility index (Phi) is 7.84. The zero-order valence-corrected chi connectivity index (χ0v) is 22.4. The SMILES string of the molecule is CN1CCCC1COc1nc(N2CCN(C(=O)OC(C)(C)C)CC2)c2cc(C(F)F)c(Br)c(F)c2n1. The lowest BCUT2D eigenvalue weighted by molar-refractivity contribution is 0.0240. The summed E-state index contributed by atoms with van der Waals surface area (Å²) in [6, 6.07) is 1.41. The number of hydrogen-bond acceptors (Lipinski definition) is 7. The number of fused-ring (bicyclic) bond motifs is 1. The molecular formula is C24H31BrF3N5O3. The van der Waals surface area contributed by atoms with Crippen LogP contribution in [-0.2, 0) is 4.74 Å². The lowest BCUT2D eigenvalue weighted by Gasteiger charge is -2.36. The van der Waals surface area contributed by atoms with Gasteiger partial charge >= 0.3 is 12.1 Å². The number of piperazine rings is 1. The number of carbonyl (C=O) groups excluding carboxylic acids is 1. The number of rotatable bonds is 5. The highest BCUT2D eigenvalue weighted by Crippen LogP contribution is 2.38. The summed E-state index contributed by atoms with van der Waals surface area (Å²) in [6.45, 7) is 8.10. The minimum atomic E-state index is -2.89. The third-order valence-electron chi connectivity index (χ3n) is 6.40. The summed E-state index contributed by atoms with van der Waals surface area (Å²) in [5.41, 5.74) is -1.19. The Balaban J connectivity index is 1.65. The molecule has 4 rings (SSSR count). The van der Waals surface area contributed by atoms with Crippen molar-refractivity contribution in [3.05, 3.63) is 21.9 Å². The average Bonchev–Trinajstić information content (AvgIpc) is 3.23. The number of ether oxygens (including phenoxy) is 2. The average molecular weight is 574 g/mol. The number of aromatic nitrogens is 2. The summed E-state index contributed by atoms with van der Waals surface area (Å²) in [4.78, 5) is 26.8. The molecule has 2 aliphatic rings. The molecule has 1 unspecified atom stereocenters. The molecule has 1 atom stereocenters. The van der Waals surface area contributed by atoms with Gasteiger partial charge in [0.2, 0.25) is 0 Å². The highest BCUT2D eigenvalue weighted by Gasteiger charge is 2.30. The Morgan fingerprint density at radius 2 is 1.89 bits per heavy atom. The number of likely N-dealkylation sites (N-methyl/N-ethyl adjacent to an activating group) is 1. The third-order valence-corrected chi connectivity index (χ3v) is 7.21. The van der Waals surface area contributed by atoms with E-state index >= 15 is 4.39 Å². The Morgan fingerprint density at radius 1 is 1.19 bits per heavy atom. The van der Waals surface area contributed by atoms with Crippen molar-refractivity contribution in [2.45, 2.75) is 51.7 Å². The first-order chi connectivity index (χ1) is 16.9. The van der Waals surface area contributed by atoms with Gasteiger partial charge in [-0.3, -0.25) is 0 Å². The van der Waals surface area contributed by atoms with Gasteiger partial charge in [-0.1, -0.05) is 0 Å². The zero-order valence-electron chi connectivity index (χ0n) is 20.9. The van der Waals surface area contributed by atoms with Gasteiger partial charge < -0.3 is 24.2 Å². The van der Waals surface area contributed by atoms with Crippen LogP contribution in [0.5, 0.6) is 6.01 Å². The predicted octanol–water partition coefficient (Wildman–Crippen LogP) is 5.00. The van der Waals surface area contributed by atoms with Crippen molar-refractivity contribution in [2.24, 2.45) is 0 Å². The molecule has 198 valence electrons. The highest BCUT2D eigenvalue weighted by molar-refractivity contribution is 9.10. The Bertz CT molecular complexity index is 1120. The van der Waals surface area contributed by atoms with Crippen LogP contribution in [0.15, 0.2) is 10.5 Å². The van der Waals surface area contributed by atoms with Gasteiger partial charge in [-0.25, -0.2) is 18.0 Å². The van der Waals surface area contributed by atoms with Gasteiger partial charge in [0, 0.05) is 43.2 Å². The number of nitrogens with zero attached hydrogens (tertiary/aromatic N) is 5. The Morgan fingerprint density at radius 3 is 2.47 bits per heavy atom. The fourth-order valence-corrected chi connectivity index (χ4v) is 4.91. The van der Waals surface area contributed by atoms with Crippen LogP contribution in [0.3, 0.4) is 0 Å². The standard InChI is InChI=1S/C24H31BrF3N5O3/c1-24(2,3)36-23(34)33-10-8-32(9-11-33)21-16-12-15(20(27)28)17(25)18(26)19(16)29-22(30-21)35-13-14-6-5-7-31(14)4/h12,14,20H,5-11,13H2,1-4H3. The third kappa shape index (κ3) is 5.80. The second-order valence-electron chi connectivity index (χ2n) is 10.2. The maximum atomic E-state index is 15.3. The normalized spacial score (nSPS) is 19.4. The molecule has 0 saturated carbocycles. The molecule has 0 N–H and O–H groups in total. The van der Waals surface area contributed by atoms with E-state index in [2.05, 4.69) is 30.8 Å². The number of anilines is 1. The topological polar surface area (TPSA) is 71.0 Å². The predicted molar refractivity (Wildman–Crippen MR) is 133 cm³/mol. The van der Waals surface area contributed by atoms with Gasteiger partial charge in [-0.15, -0.1) is 0 Å². The van der Waals surface area contributed by atoms with Crippen molar-refractivity contribution in [1.82, 2.24) is 19.8 Å². The molecule has 1 aromatic heterocycles. The van der Waals surface area contributed by atoms with Crippen molar-refractivity contribution in [1.29, 1.82) is 0 Å². The van der Waals surface area contributed by atoms with Crippen LogP contribution in [0.1, 0.15) is 45.6 Å². The van der Waals surface area contributed by atoms with E-state index in [0.29, 0.717) is 38.6 Å². The maximum absolute atomic E-state index is 15.3. The van der Waals surface area contributed by atoms with E-state index in [1.165, 1.54) is 6.07 Å². The number of hydrogen-bond donors (Lipinski definition) is 0. The van der Waals surface area contributed by atoms with E-state index in [4.69, 9.17) is 9.47 Å². The molecule has 1 aromatic carbocycles. The van der Waals surface area contributed by atoms with Gasteiger partial charge in [-0.2, -0.15) is 9.97 Å². The molecule has 0 aliphatic carbocycles. The van der Waals surface area contributed by atoms with E-state index in [9.17, 15) is 13.6 Å². The quantitative estimate of drug-likeness (QED) is 0.498. The van der Waals surface area contributed by atoms with Crippen molar-refractivity contribution in [3.63, 3.8) is 0 Å². The molecule has 12 heteroatoms. The van der Waals surface area contributed by atoms with E-state index in [1.807, 2.05) is 11.9 Å². The molecule has 0 spiro atoms. The second kappa shape index (κ2) is 10.6. The van der Waals surface area contributed by atoms with Crippen LogP contribution >= 0.6 is 15.9 Å². The minimum Gasteiger partial charge on any atom is -0.462 e. The molecule has 2 saturated heterocycles. The number of amides is 1. The van der Waals surface area contributed by atoms with Gasteiger partial charge in [0.15, 0.2) is 5.82 Å². The molecule has 3 heterocycles. The van der Waals surface area contributed by atoms with Crippen LogP contribution in [-0.4, -0.2) is 83.9 Å².